The molecule has 1 aromatic heterocycles. The molecule has 92 valence electrons. The second-order valence-corrected chi connectivity index (χ2v) is 4.26. The van der Waals surface area contributed by atoms with E-state index in [4.69, 9.17) is 0 Å². The molecule has 0 saturated carbocycles. The molecule has 1 amide bonds. The molecular weight excluding hydrogens is 235 g/mol. The van der Waals surface area contributed by atoms with Crippen molar-refractivity contribution in [1.82, 2.24) is 10.2 Å². The first-order valence-corrected chi connectivity index (χ1v) is 5.51. The topological polar surface area (TPSA) is 69.8 Å². The van der Waals surface area contributed by atoms with Gasteiger partial charge in [-0.2, -0.15) is 5.10 Å². The lowest BCUT2D eigenvalue weighted by molar-refractivity contribution is -0.116. The molecule has 3 rings (SSSR count). The third-order valence-corrected chi connectivity index (χ3v) is 2.90. The minimum Gasteiger partial charge on any atom is -0.367 e. The smallest absolute Gasteiger partial charge is 0.251 e. The number of anilines is 2. The number of nitrogens with one attached hydrogen (secondary N) is 3. The standard InChI is InChI=1S/C12H11FN4O/c1-6-2-8-10(9(13)3-6)17-12(18)11(8)16-7-4-14-15-5-7/h2-5,11,16H,1H3,(H,14,15)(H,17,18). The van der Waals surface area contributed by atoms with Crippen LogP contribution in [0, 0.1) is 12.7 Å². The fourth-order valence-corrected chi connectivity index (χ4v) is 2.10. The summed E-state index contributed by atoms with van der Waals surface area (Å²) in [7, 11) is 0. The van der Waals surface area contributed by atoms with Gasteiger partial charge in [0.05, 0.1) is 17.6 Å². The zero-order valence-corrected chi connectivity index (χ0v) is 9.62. The third kappa shape index (κ3) is 1.62. The lowest BCUT2D eigenvalue weighted by Crippen LogP contribution is -2.19. The number of aryl methyl sites for hydroxylation is 1. The molecule has 1 aromatic carbocycles. The molecule has 6 heteroatoms. The maximum atomic E-state index is 13.7. The molecular formula is C12H11FN4O. The Balaban J connectivity index is 2.01. The van der Waals surface area contributed by atoms with Crippen LogP contribution in [-0.2, 0) is 4.79 Å². The lowest BCUT2D eigenvalue weighted by atomic mass is 10.0. The van der Waals surface area contributed by atoms with E-state index >= 15 is 0 Å². The molecule has 2 heterocycles. The quantitative estimate of drug-likeness (QED) is 0.758. The van der Waals surface area contributed by atoms with Crippen LogP contribution in [0.5, 0.6) is 0 Å². The first-order chi connectivity index (χ1) is 8.65. The molecule has 2 aromatic rings. The zero-order chi connectivity index (χ0) is 12.7. The Morgan fingerprint density at radius 1 is 1.44 bits per heavy atom. The molecule has 5 nitrogen and oxygen atoms in total. The van der Waals surface area contributed by atoms with Gasteiger partial charge < -0.3 is 10.6 Å². The molecule has 0 fully saturated rings. The molecule has 0 spiro atoms. The predicted octanol–water partition coefficient (Wildman–Crippen LogP) is 1.96. The van der Waals surface area contributed by atoms with Crippen LogP contribution in [0.2, 0.25) is 0 Å². The van der Waals surface area contributed by atoms with E-state index < -0.39 is 11.9 Å². The van der Waals surface area contributed by atoms with Crippen LogP contribution in [0.15, 0.2) is 24.5 Å². The summed E-state index contributed by atoms with van der Waals surface area (Å²) in [6, 6.07) is 2.61. The summed E-state index contributed by atoms with van der Waals surface area (Å²) in [6.07, 6.45) is 3.20. The summed E-state index contributed by atoms with van der Waals surface area (Å²) in [5, 5.41) is 12.0. The van der Waals surface area contributed by atoms with E-state index in [-0.39, 0.29) is 11.6 Å². The van der Waals surface area contributed by atoms with Gasteiger partial charge in [0.2, 0.25) is 0 Å². The van der Waals surface area contributed by atoms with Crippen LogP contribution in [0.4, 0.5) is 15.8 Å². The van der Waals surface area contributed by atoms with Crippen molar-refractivity contribution in [2.24, 2.45) is 0 Å². The van der Waals surface area contributed by atoms with Gasteiger partial charge >= 0.3 is 0 Å². The summed E-state index contributed by atoms with van der Waals surface area (Å²) < 4.78 is 13.7. The number of hydrogen-bond acceptors (Lipinski definition) is 3. The van der Waals surface area contributed by atoms with Gasteiger partial charge in [-0.15, -0.1) is 0 Å². The second kappa shape index (κ2) is 3.83. The van der Waals surface area contributed by atoms with Crippen molar-refractivity contribution >= 4 is 17.3 Å². The highest BCUT2D eigenvalue weighted by molar-refractivity contribution is 6.04. The van der Waals surface area contributed by atoms with Crippen LogP contribution >= 0.6 is 0 Å². The summed E-state index contributed by atoms with van der Waals surface area (Å²) in [5.41, 5.74) is 2.34. The van der Waals surface area contributed by atoms with Crippen molar-refractivity contribution < 1.29 is 9.18 Å². The number of nitrogens with zero attached hydrogens (tertiary/aromatic N) is 1. The molecule has 1 unspecified atom stereocenters. The highest BCUT2D eigenvalue weighted by Gasteiger charge is 2.32. The van der Waals surface area contributed by atoms with Crippen LogP contribution in [0.3, 0.4) is 0 Å². The second-order valence-electron chi connectivity index (χ2n) is 4.26. The fourth-order valence-electron chi connectivity index (χ4n) is 2.10. The summed E-state index contributed by atoms with van der Waals surface area (Å²) in [4.78, 5) is 11.9. The van der Waals surface area contributed by atoms with E-state index in [0.717, 1.165) is 5.56 Å². The SMILES string of the molecule is Cc1cc(F)c2c(c1)C(Nc1cn[nH]c1)C(=O)N2. The minimum absolute atomic E-state index is 0.256. The van der Waals surface area contributed by atoms with Crippen LogP contribution in [0.25, 0.3) is 0 Å². The van der Waals surface area contributed by atoms with Gasteiger partial charge in [0.25, 0.3) is 5.91 Å². The van der Waals surface area contributed by atoms with Crippen molar-refractivity contribution in [2.75, 3.05) is 10.6 Å². The normalized spacial score (nSPS) is 17.4. The molecule has 18 heavy (non-hydrogen) atoms. The number of aromatic amines is 1. The van der Waals surface area contributed by atoms with E-state index in [1.165, 1.54) is 6.07 Å². The first-order valence-electron chi connectivity index (χ1n) is 5.51. The van der Waals surface area contributed by atoms with E-state index in [9.17, 15) is 9.18 Å². The number of carbonyl (C=O) groups is 1. The number of amides is 1. The average molecular weight is 246 g/mol. The number of aromatic nitrogens is 2. The lowest BCUT2D eigenvalue weighted by Gasteiger charge is -2.11. The number of hydrogen-bond donors (Lipinski definition) is 3. The van der Waals surface area contributed by atoms with Crippen LogP contribution < -0.4 is 10.6 Å². The molecule has 1 aliphatic rings. The summed E-state index contributed by atoms with van der Waals surface area (Å²) >= 11 is 0. The van der Waals surface area contributed by atoms with Gasteiger partial charge in [-0.3, -0.25) is 9.89 Å². The highest BCUT2D eigenvalue weighted by Crippen LogP contribution is 2.35. The molecule has 0 radical (unpaired) electrons. The predicted molar refractivity (Wildman–Crippen MR) is 64.7 cm³/mol. The van der Waals surface area contributed by atoms with Gasteiger partial charge in [-0.25, -0.2) is 4.39 Å². The van der Waals surface area contributed by atoms with Crippen molar-refractivity contribution in [3.63, 3.8) is 0 Å². The number of fused-ring (bicyclic) bond motifs is 1. The first kappa shape index (κ1) is 10.8. The van der Waals surface area contributed by atoms with Crippen LogP contribution in [0.1, 0.15) is 17.2 Å². The highest BCUT2D eigenvalue weighted by atomic mass is 19.1. The largest absolute Gasteiger partial charge is 0.367 e. The third-order valence-electron chi connectivity index (χ3n) is 2.90. The molecule has 0 saturated heterocycles. The Kier molecular flexibility index (Phi) is 2.29. The molecule has 0 bridgehead atoms. The minimum atomic E-state index is -0.591. The van der Waals surface area contributed by atoms with Gasteiger partial charge in [-0.1, -0.05) is 6.07 Å². The maximum absolute atomic E-state index is 13.7. The average Bonchev–Trinajstić information content (AvgIpc) is 2.91. The number of carbonyl (C=O) groups excluding carboxylic acids is 1. The van der Waals surface area contributed by atoms with Gasteiger partial charge in [-0.05, 0) is 18.6 Å². The summed E-state index contributed by atoms with van der Waals surface area (Å²) in [5.74, 6) is -0.675. The Hall–Kier alpha value is -2.37. The Bertz CT molecular complexity index is 609. The number of halogens is 1. The van der Waals surface area contributed by atoms with Crippen molar-refractivity contribution in [2.45, 2.75) is 13.0 Å². The van der Waals surface area contributed by atoms with Gasteiger partial charge in [0.15, 0.2) is 0 Å². The number of rotatable bonds is 2. The fraction of sp³-hybridized carbons (Fsp3) is 0.167. The van der Waals surface area contributed by atoms with Crippen LogP contribution in [-0.4, -0.2) is 16.1 Å². The van der Waals surface area contributed by atoms with Crippen molar-refractivity contribution in [3.05, 3.63) is 41.5 Å². The van der Waals surface area contributed by atoms with E-state index in [1.54, 1.807) is 25.4 Å². The molecule has 0 aliphatic carbocycles. The van der Waals surface area contributed by atoms with Gasteiger partial charge in [0, 0.05) is 11.8 Å². The van der Waals surface area contributed by atoms with E-state index in [0.29, 0.717) is 11.3 Å². The summed E-state index contributed by atoms with van der Waals surface area (Å²) in [6.45, 7) is 1.79. The van der Waals surface area contributed by atoms with Crippen molar-refractivity contribution in [3.8, 4) is 0 Å². The van der Waals surface area contributed by atoms with E-state index in [1.807, 2.05) is 0 Å². The van der Waals surface area contributed by atoms with E-state index in [2.05, 4.69) is 20.8 Å². The van der Waals surface area contributed by atoms with Gasteiger partial charge in [0.1, 0.15) is 11.9 Å². The monoisotopic (exact) mass is 246 g/mol. The zero-order valence-electron chi connectivity index (χ0n) is 9.62. The van der Waals surface area contributed by atoms with Crippen molar-refractivity contribution in [1.29, 1.82) is 0 Å². The Morgan fingerprint density at radius 2 is 2.28 bits per heavy atom. The number of H-pyrrole nitrogens is 1. The molecule has 1 aliphatic heterocycles. The Labute approximate surface area is 102 Å². The molecule has 3 N–H and O–H groups in total. The molecule has 1 atom stereocenters. The maximum Gasteiger partial charge on any atom is 0.251 e. The Morgan fingerprint density at radius 3 is 3.00 bits per heavy atom. The number of benzene rings is 1.